The number of hydrogen-bond acceptors (Lipinski definition) is 3. The second-order valence-corrected chi connectivity index (χ2v) is 5.84. The molecule has 8 heteroatoms. The number of nitrogens with zero attached hydrogens (tertiary/aromatic N) is 1. The van der Waals surface area contributed by atoms with E-state index in [1.165, 1.54) is 41.3 Å². The number of benzene rings is 2. The Bertz CT molecular complexity index is 769. The molecular formula is C17H16ClF2N3O2. The summed E-state index contributed by atoms with van der Waals surface area (Å²) in [7, 11) is 1.57. The van der Waals surface area contributed by atoms with Gasteiger partial charge in [-0.3, -0.25) is 14.5 Å². The molecule has 5 nitrogen and oxygen atoms in total. The molecule has 132 valence electrons. The van der Waals surface area contributed by atoms with Crippen LogP contribution in [0.1, 0.15) is 0 Å². The van der Waals surface area contributed by atoms with Crippen LogP contribution in [-0.4, -0.2) is 36.9 Å². The van der Waals surface area contributed by atoms with Crippen molar-refractivity contribution in [3.63, 3.8) is 0 Å². The largest absolute Gasteiger partial charge is 0.325 e. The van der Waals surface area contributed by atoms with Crippen LogP contribution >= 0.6 is 11.6 Å². The summed E-state index contributed by atoms with van der Waals surface area (Å²) in [6.45, 7) is -0.189. The molecule has 2 amide bonds. The summed E-state index contributed by atoms with van der Waals surface area (Å²) in [5.74, 6) is -1.86. The van der Waals surface area contributed by atoms with E-state index in [1.54, 1.807) is 7.05 Å². The minimum Gasteiger partial charge on any atom is -0.325 e. The Hall–Kier alpha value is -2.51. The normalized spacial score (nSPS) is 10.6. The lowest BCUT2D eigenvalue weighted by atomic mass is 10.3. The molecular weight excluding hydrogens is 352 g/mol. The summed E-state index contributed by atoms with van der Waals surface area (Å²) in [5, 5.41) is 5.28. The van der Waals surface area contributed by atoms with Gasteiger partial charge in [0, 0.05) is 10.7 Å². The van der Waals surface area contributed by atoms with Gasteiger partial charge in [-0.05, 0) is 49.5 Å². The van der Waals surface area contributed by atoms with Crippen molar-refractivity contribution >= 4 is 34.8 Å². The minimum absolute atomic E-state index is 0.0262. The lowest BCUT2D eigenvalue weighted by Gasteiger charge is -2.16. The van der Waals surface area contributed by atoms with Gasteiger partial charge in [0.25, 0.3) is 0 Å². The first kappa shape index (κ1) is 18.8. The van der Waals surface area contributed by atoms with Gasteiger partial charge in [0.1, 0.15) is 11.6 Å². The molecule has 0 atom stereocenters. The van der Waals surface area contributed by atoms with Gasteiger partial charge in [0.2, 0.25) is 11.8 Å². The van der Waals surface area contributed by atoms with Crippen molar-refractivity contribution in [2.24, 2.45) is 0 Å². The molecule has 0 aliphatic heterocycles. The first-order valence-corrected chi connectivity index (χ1v) is 7.70. The Labute approximate surface area is 148 Å². The Balaban J connectivity index is 1.83. The number of carbonyl (C=O) groups excluding carboxylic acids is 2. The minimum atomic E-state index is -0.602. The predicted octanol–water partition coefficient (Wildman–Crippen LogP) is 3.13. The second-order valence-electron chi connectivity index (χ2n) is 5.40. The average molecular weight is 368 g/mol. The van der Waals surface area contributed by atoms with Crippen LogP contribution in [0.5, 0.6) is 0 Å². The predicted molar refractivity (Wildman–Crippen MR) is 92.6 cm³/mol. The zero-order valence-corrected chi connectivity index (χ0v) is 14.1. The van der Waals surface area contributed by atoms with E-state index in [0.29, 0.717) is 10.7 Å². The van der Waals surface area contributed by atoms with Crippen molar-refractivity contribution in [2.45, 2.75) is 0 Å². The van der Waals surface area contributed by atoms with Crippen molar-refractivity contribution in [1.29, 1.82) is 0 Å². The van der Waals surface area contributed by atoms with Gasteiger partial charge in [-0.15, -0.1) is 0 Å². The number of rotatable bonds is 6. The van der Waals surface area contributed by atoms with Crippen molar-refractivity contribution in [3.8, 4) is 0 Å². The number of carbonyl (C=O) groups is 2. The van der Waals surface area contributed by atoms with Gasteiger partial charge < -0.3 is 10.6 Å². The van der Waals surface area contributed by atoms with E-state index < -0.39 is 17.5 Å². The lowest BCUT2D eigenvalue weighted by molar-refractivity contribution is -0.119. The van der Waals surface area contributed by atoms with Crippen molar-refractivity contribution in [3.05, 3.63) is 59.1 Å². The summed E-state index contributed by atoms with van der Waals surface area (Å²) in [4.78, 5) is 25.3. The maximum atomic E-state index is 13.6. The number of halogens is 3. The van der Waals surface area contributed by atoms with Crippen molar-refractivity contribution < 1.29 is 18.4 Å². The molecule has 2 rings (SSSR count). The van der Waals surface area contributed by atoms with E-state index in [0.717, 1.165) is 6.07 Å². The first-order chi connectivity index (χ1) is 11.8. The fourth-order valence-electron chi connectivity index (χ4n) is 2.06. The number of hydrogen-bond donors (Lipinski definition) is 2. The highest BCUT2D eigenvalue weighted by Gasteiger charge is 2.13. The van der Waals surface area contributed by atoms with Crippen LogP contribution in [0.3, 0.4) is 0 Å². The second kappa shape index (κ2) is 8.55. The third-order valence-electron chi connectivity index (χ3n) is 3.16. The Morgan fingerprint density at radius 2 is 1.60 bits per heavy atom. The van der Waals surface area contributed by atoms with Crippen molar-refractivity contribution in [1.82, 2.24) is 4.90 Å². The zero-order chi connectivity index (χ0) is 18.4. The smallest absolute Gasteiger partial charge is 0.238 e. The monoisotopic (exact) mass is 367 g/mol. The molecule has 2 aromatic rings. The third-order valence-corrected chi connectivity index (χ3v) is 3.39. The Morgan fingerprint density at radius 3 is 2.24 bits per heavy atom. The van der Waals surface area contributed by atoms with E-state index in [9.17, 15) is 18.4 Å². The van der Waals surface area contributed by atoms with E-state index in [4.69, 9.17) is 11.6 Å². The highest BCUT2D eigenvalue weighted by atomic mass is 35.5. The lowest BCUT2D eigenvalue weighted by Crippen LogP contribution is -2.36. The number of nitrogens with one attached hydrogen (secondary N) is 2. The maximum absolute atomic E-state index is 13.6. The fraction of sp³-hybridized carbons (Fsp3) is 0.176. The van der Waals surface area contributed by atoms with Crippen LogP contribution in [0.4, 0.5) is 20.2 Å². The van der Waals surface area contributed by atoms with E-state index in [2.05, 4.69) is 10.6 Å². The van der Waals surface area contributed by atoms with Crippen LogP contribution in [0.2, 0.25) is 5.02 Å². The quantitative estimate of drug-likeness (QED) is 0.824. The van der Waals surface area contributed by atoms with E-state index >= 15 is 0 Å². The molecule has 0 aliphatic carbocycles. The van der Waals surface area contributed by atoms with Gasteiger partial charge in [0.15, 0.2) is 0 Å². The zero-order valence-electron chi connectivity index (χ0n) is 13.4. The van der Waals surface area contributed by atoms with Gasteiger partial charge in [-0.1, -0.05) is 11.6 Å². The molecule has 0 aromatic heterocycles. The van der Waals surface area contributed by atoms with Crippen LogP contribution in [0.15, 0.2) is 42.5 Å². The van der Waals surface area contributed by atoms with Gasteiger partial charge in [0.05, 0.1) is 18.8 Å². The molecule has 0 saturated heterocycles. The van der Waals surface area contributed by atoms with Gasteiger partial charge >= 0.3 is 0 Å². The summed E-state index contributed by atoms with van der Waals surface area (Å²) in [5.41, 5.74) is 0.423. The van der Waals surface area contributed by atoms with Crippen LogP contribution in [0.25, 0.3) is 0 Å². The highest BCUT2D eigenvalue weighted by Crippen LogP contribution is 2.19. The molecule has 0 unspecified atom stereocenters. The standard InChI is InChI=1S/C17H16ClF2N3O2/c1-23(9-16(24)21-13-5-3-12(19)4-6-13)10-17(25)22-15-8-11(18)2-7-14(15)20/h2-8H,9-10H2,1H3,(H,21,24)(H,22,25). The molecule has 2 N–H and O–H groups in total. The number of amides is 2. The summed E-state index contributed by atoms with van der Waals surface area (Å²) in [6.07, 6.45) is 0. The number of anilines is 2. The molecule has 25 heavy (non-hydrogen) atoms. The SMILES string of the molecule is CN(CC(=O)Nc1ccc(F)cc1)CC(=O)Nc1cc(Cl)ccc1F. The fourth-order valence-corrected chi connectivity index (χ4v) is 2.24. The van der Waals surface area contributed by atoms with Gasteiger partial charge in [-0.2, -0.15) is 0 Å². The molecule has 0 fully saturated rings. The maximum Gasteiger partial charge on any atom is 0.238 e. The van der Waals surface area contributed by atoms with Crippen molar-refractivity contribution in [2.75, 3.05) is 30.8 Å². The van der Waals surface area contributed by atoms with E-state index in [-0.39, 0.29) is 24.7 Å². The Morgan fingerprint density at radius 1 is 1.00 bits per heavy atom. The third kappa shape index (κ3) is 6.13. The molecule has 0 saturated carbocycles. The molecule has 0 bridgehead atoms. The average Bonchev–Trinajstić information content (AvgIpc) is 2.52. The van der Waals surface area contributed by atoms with E-state index in [1.807, 2.05) is 0 Å². The topological polar surface area (TPSA) is 61.4 Å². The first-order valence-electron chi connectivity index (χ1n) is 7.32. The number of likely N-dealkylation sites (N-methyl/N-ethyl adjacent to an activating group) is 1. The summed E-state index contributed by atoms with van der Waals surface area (Å²) in [6, 6.07) is 9.15. The molecule has 0 spiro atoms. The summed E-state index contributed by atoms with van der Waals surface area (Å²) >= 11 is 5.76. The molecule has 0 aliphatic rings. The van der Waals surface area contributed by atoms with Gasteiger partial charge in [-0.25, -0.2) is 8.78 Å². The Kier molecular flexibility index (Phi) is 6.44. The molecule has 0 heterocycles. The van der Waals surface area contributed by atoms with Crippen LogP contribution in [-0.2, 0) is 9.59 Å². The molecule has 2 aromatic carbocycles. The highest BCUT2D eigenvalue weighted by molar-refractivity contribution is 6.30. The summed E-state index contributed by atoms with van der Waals surface area (Å²) < 4.78 is 26.4. The van der Waals surface area contributed by atoms with Crippen LogP contribution in [0, 0.1) is 11.6 Å². The van der Waals surface area contributed by atoms with Crippen LogP contribution < -0.4 is 10.6 Å². The molecule has 0 radical (unpaired) electrons.